The third-order valence-corrected chi connectivity index (χ3v) is 6.48. The van der Waals surface area contributed by atoms with Crippen LogP contribution in [0.1, 0.15) is 53.1 Å². The molecule has 0 aromatic carbocycles. The van der Waals surface area contributed by atoms with E-state index in [1.165, 1.54) is 13.0 Å². The monoisotopic (exact) mass is 468 g/mol. The molecule has 1 amide bonds. The lowest BCUT2D eigenvalue weighted by molar-refractivity contribution is -0.156. The van der Waals surface area contributed by atoms with Gasteiger partial charge in [-0.15, -0.1) is 11.3 Å². The van der Waals surface area contributed by atoms with Gasteiger partial charge in [-0.2, -0.15) is 13.2 Å². The van der Waals surface area contributed by atoms with Gasteiger partial charge < -0.3 is 9.42 Å². The van der Waals surface area contributed by atoms with Gasteiger partial charge >= 0.3 is 6.18 Å². The number of thiophene rings is 1. The highest BCUT2D eigenvalue weighted by Crippen LogP contribution is 2.38. The number of carbonyl (C=O) groups is 1. The van der Waals surface area contributed by atoms with E-state index in [0.29, 0.717) is 35.7 Å². The fourth-order valence-corrected chi connectivity index (χ4v) is 4.79. The van der Waals surface area contributed by atoms with Crippen molar-refractivity contribution < 1.29 is 35.7 Å². The summed E-state index contributed by atoms with van der Waals surface area (Å²) < 4.78 is 80.8. The zero-order valence-corrected chi connectivity index (χ0v) is 17.5. The van der Waals surface area contributed by atoms with E-state index in [-0.39, 0.29) is 29.5 Å². The fraction of sp³-hybridized carbons (Fsp3) is 0.600. The predicted octanol–water partition coefficient (Wildman–Crippen LogP) is 6.36. The SMILES string of the molecule is Cc1c(-c2ccc(C(=O)N3CCCC(CCC[C@@H](F)C(F)F)C3)s2)noc1C(F)(F)F. The number of rotatable bonds is 7. The number of aromatic nitrogens is 1. The first kappa shape index (κ1) is 23.6. The molecular formula is C20H22F6N2O2S. The van der Waals surface area contributed by atoms with Gasteiger partial charge in [-0.05, 0) is 57.1 Å². The van der Waals surface area contributed by atoms with Crippen molar-refractivity contribution in [1.29, 1.82) is 0 Å². The van der Waals surface area contributed by atoms with Crippen LogP contribution >= 0.6 is 11.3 Å². The molecular weight excluding hydrogens is 446 g/mol. The Bertz CT molecular complexity index is 895. The molecule has 0 saturated carbocycles. The summed E-state index contributed by atoms with van der Waals surface area (Å²) in [6.45, 7) is 2.24. The van der Waals surface area contributed by atoms with Crippen LogP contribution in [-0.4, -0.2) is 41.7 Å². The van der Waals surface area contributed by atoms with Gasteiger partial charge in [-0.25, -0.2) is 13.2 Å². The molecule has 31 heavy (non-hydrogen) atoms. The van der Waals surface area contributed by atoms with E-state index < -0.39 is 24.5 Å². The molecule has 1 aliphatic rings. The second kappa shape index (κ2) is 9.62. The summed E-state index contributed by atoms with van der Waals surface area (Å²) >= 11 is 1.04. The Morgan fingerprint density at radius 3 is 2.71 bits per heavy atom. The number of carbonyl (C=O) groups excluding carboxylic acids is 1. The van der Waals surface area contributed by atoms with Crippen LogP contribution in [0.15, 0.2) is 16.7 Å². The molecule has 1 unspecified atom stereocenters. The summed E-state index contributed by atoms with van der Waals surface area (Å²) in [4.78, 5) is 15.3. The van der Waals surface area contributed by atoms with Crippen LogP contribution in [0, 0.1) is 12.8 Å². The average Bonchev–Trinajstić information content (AvgIpc) is 3.33. The number of likely N-dealkylation sites (tertiary alicyclic amines) is 1. The lowest BCUT2D eigenvalue weighted by atomic mass is 9.92. The smallest absolute Gasteiger partial charge is 0.351 e. The molecule has 2 aromatic heterocycles. The molecule has 0 bridgehead atoms. The van der Waals surface area contributed by atoms with E-state index in [1.54, 1.807) is 11.0 Å². The Morgan fingerprint density at radius 1 is 1.32 bits per heavy atom. The average molecular weight is 468 g/mol. The number of hydrogen-bond donors (Lipinski definition) is 0. The van der Waals surface area contributed by atoms with E-state index in [1.807, 2.05) is 0 Å². The standard InChI is InChI=1S/C20H22F6N2O2S/c1-11-16(27-30-17(11)20(24,25)26)14-7-8-15(31-14)19(29)28-9-3-5-12(10-28)4-2-6-13(21)18(22)23/h7-8,12-13,18H,2-6,9-10H2,1H3/t12?,13-/m1/s1. The quantitative estimate of drug-likeness (QED) is 0.445. The summed E-state index contributed by atoms with van der Waals surface area (Å²) in [7, 11) is 0. The third kappa shape index (κ3) is 5.61. The Hall–Kier alpha value is -2.04. The molecule has 0 N–H and O–H groups in total. The van der Waals surface area contributed by atoms with Crippen molar-refractivity contribution in [3.63, 3.8) is 0 Å². The zero-order valence-electron chi connectivity index (χ0n) is 16.7. The van der Waals surface area contributed by atoms with Crippen LogP contribution in [0.5, 0.6) is 0 Å². The van der Waals surface area contributed by atoms with Crippen molar-refractivity contribution in [2.75, 3.05) is 13.1 Å². The number of piperidine rings is 1. The van der Waals surface area contributed by atoms with Crippen molar-refractivity contribution in [1.82, 2.24) is 10.1 Å². The Balaban J connectivity index is 1.62. The van der Waals surface area contributed by atoms with E-state index in [0.717, 1.165) is 24.2 Å². The highest BCUT2D eigenvalue weighted by Gasteiger charge is 2.39. The fourth-order valence-electron chi connectivity index (χ4n) is 3.78. The van der Waals surface area contributed by atoms with Crippen LogP contribution in [0.3, 0.4) is 0 Å². The second-order valence-electron chi connectivity index (χ2n) is 7.69. The highest BCUT2D eigenvalue weighted by atomic mass is 32.1. The van der Waals surface area contributed by atoms with Crippen molar-refractivity contribution in [3.8, 4) is 10.6 Å². The minimum atomic E-state index is -4.65. The lowest BCUT2D eigenvalue weighted by Crippen LogP contribution is -2.39. The first-order valence-corrected chi connectivity index (χ1v) is 10.7. The molecule has 2 atom stereocenters. The number of halogens is 6. The van der Waals surface area contributed by atoms with Crippen LogP contribution in [0.25, 0.3) is 10.6 Å². The largest absolute Gasteiger partial charge is 0.452 e. The molecule has 4 nitrogen and oxygen atoms in total. The molecule has 3 rings (SSSR count). The number of hydrogen-bond acceptors (Lipinski definition) is 4. The van der Waals surface area contributed by atoms with E-state index in [4.69, 9.17) is 0 Å². The van der Waals surface area contributed by atoms with Crippen LogP contribution in [-0.2, 0) is 6.18 Å². The maximum atomic E-state index is 13.1. The lowest BCUT2D eigenvalue weighted by Gasteiger charge is -2.32. The third-order valence-electron chi connectivity index (χ3n) is 5.40. The molecule has 1 aliphatic heterocycles. The summed E-state index contributed by atoms with van der Waals surface area (Å²) in [6.07, 6.45) is -7.47. The molecule has 1 fully saturated rings. The summed E-state index contributed by atoms with van der Waals surface area (Å²) in [5.41, 5.74) is -0.0888. The molecule has 0 spiro atoms. The number of amides is 1. The highest BCUT2D eigenvalue weighted by molar-refractivity contribution is 7.17. The van der Waals surface area contributed by atoms with Crippen molar-refractivity contribution in [2.24, 2.45) is 5.92 Å². The van der Waals surface area contributed by atoms with Crippen LogP contribution in [0.4, 0.5) is 26.3 Å². The number of nitrogens with zero attached hydrogens (tertiary/aromatic N) is 2. The Morgan fingerprint density at radius 2 is 2.06 bits per heavy atom. The minimum Gasteiger partial charge on any atom is -0.351 e. The second-order valence-corrected chi connectivity index (χ2v) is 8.77. The van der Waals surface area contributed by atoms with E-state index in [9.17, 15) is 31.1 Å². The predicted molar refractivity (Wildman–Crippen MR) is 103 cm³/mol. The molecule has 11 heteroatoms. The van der Waals surface area contributed by atoms with Gasteiger partial charge in [0.1, 0.15) is 5.69 Å². The van der Waals surface area contributed by atoms with Gasteiger partial charge in [0.25, 0.3) is 12.3 Å². The van der Waals surface area contributed by atoms with Crippen LogP contribution < -0.4 is 0 Å². The van der Waals surface area contributed by atoms with E-state index >= 15 is 0 Å². The maximum absolute atomic E-state index is 13.1. The normalized spacial score (nSPS) is 18.6. The Labute approximate surface area is 179 Å². The van der Waals surface area contributed by atoms with Gasteiger partial charge in [-0.3, -0.25) is 4.79 Å². The molecule has 172 valence electrons. The van der Waals surface area contributed by atoms with Crippen molar-refractivity contribution in [2.45, 2.75) is 57.8 Å². The minimum absolute atomic E-state index is 0.0488. The maximum Gasteiger partial charge on any atom is 0.452 e. The molecule has 2 aromatic rings. The first-order valence-electron chi connectivity index (χ1n) is 9.93. The summed E-state index contributed by atoms with van der Waals surface area (Å²) in [5, 5.41) is 3.52. The van der Waals surface area contributed by atoms with Gasteiger partial charge in [0, 0.05) is 18.7 Å². The number of alkyl halides is 6. The summed E-state index contributed by atoms with van der Waals surface area (Å²) in [5.74, 6) is -1.30. The van der Waals surface area contributed by atoms with Crippen molar-refractivity contribution in [3.05, 3.63) is 28.3 Å². The first-order chi connectivity index (χ1) is 14.6. The van der Waals surface area contributed by atoms with Crippen LogP contribution in [0.2, 0.25) is 0 Å². The van der Waals surface area contributed by atoms with E-state index in [2.05, 4.69) is 9.68 Å². The molecule has 0 radical (unpaired) electrons. The van der Waals surface area contributed by atoms with Gasteiger partial charge in [-0.1, -0.05) is 5.16 Å². The van der Waals surface area contributed by atoms with Crippen molar-refractivity contribution >= 4 is 17.2 Å². The van der Waals surface area contributed by atoms with Gasteiger partial charge in [0.05, 0.1) is 9.75 Å². The molecule has 0 aliphatic carbocycles. The summed E-state index contributed by atoms with van der Waals surface area (Å²) in [6, 6.07) is 3.08. The Kier molecular flexibility index (Phi) is 7.33. The van der Waals surface area contributed by atoms with Gasteiger partial charge in [0.15, 0.2) is 6.17 Å². The molecule has 1 saturated heterocycles. The molecule has 3 heterocycles. The topological polar surface area (TPSA) is 46.3 Å². The van der Waals surface area contributed by atoms with Gasteiger partial charge in [0.2, 0.25) is 5.76 Å². The zero-order chi connectivity index (χ0) is 22.8.